The fourth-order valence-electron chi connectivity index (χ4n) is 6.29. The Bertz CT molecular complexity index is 402. The lowest BCUT2D eigenvalue weighted by Crippen LogP contribution is -3.00. The second-order valence-electron chi connectivity index (χ2n) is 14.0. The maximum absolute atomic E-state index is 2.47. The Morgan fingerprint density at radius 2 is 0.415 bits per heavy atom. The molecule has 0 heterocycles. The number of rotatable bonds is 34. The summed E-state index contributed by atoms with van der Waals surface area (Å²) in [6.45, 7) is 7.39. The summed E-state index contributed by atoms with van der Waals surface area (Å²) < 4.78 is 1.25. The first kappa shape index (κ1) is 45.8. The first-order valence-electron chi connectivity index (χ1n) is 18.9. The van der Waals surface area contributed by atoms with Gasteiger partial charge in [-0.2, -0.15) is 0 Å². The summed E-state index contributed by atoms with van der Waals surface area (Å²) >= 11 is 0. The molecule has 2 nitrogen and oxygen atoms in total. The average Bonchev–Trinajstić information content (AvgIpc) is 2.92. The van der Waals surface area contributed by atoms with Gasteiger partial charge in [0.25, 0.3) is 0 Å². The van der Waals surface area contributed by atoms with Crippen molar-refractivity contribution in [2.75, 3.05) is 27.2 Å². The van der Waals surface area contributed by atoms with Crippen LogP contribution in [0.3, 0.4) is 0 Å². The Kier molecular flexibility index (Phi) is 42.9. The average molecular weight is 648 g/mol. The van der Waals surface area contributed by atoms with E-state index in [1.165, 1.54) is 223 Å². The van der Waals surface area contributed by atoms with Gasteiger partial charge in [-0.3, -0.25) is 0 Å². The third-order valence-corrected chi connectivity index (χ3v) is 9.23. The predicted molar refractivity (Wildman–Crippen MR) is 186 cm³/mol. The van der Waals surface area contributed by atoms with Crippen LogP contribution in [-0.4, -0.2) is 31.7 Å². The molecule has 0 aromatic carbocycles. The molecule has 0 atom stereocenters. The molecule has 0 aromatic heterocycles. The van der Waals surface area contributed by atoms with Crippen LogP contribution in [0.1, 0.15) is 219 Å². The van der Waals surface area contributed by atoms with Crippen LogP contribution >= 0.6 is 0 Å². The van der Waals surface area contributed by atoms with Crippen molar-refractivity contribution >= 4 is 0 Å². The minimum atomic E-state index is 0. The van der Waals surface area contributed by atoms with Crippen molar-refractivity contribution in [2.24, 2.45) is 0 Å². The highest BCUT2D eigenvalue weighted by molar-refractivity contribution is 4.52. The maximum atomic E-state index is 2.47. The van der Waals surface area contributed by atoms with E-state index in [-0.39, 0.29) is 23.1 Å². The minimum absolute atomic E-state index is 0. The van der Waals surface area contributed by atoms with E-state index in [1.807, 2.05) is 0 Å². The van der Waals surface area contributed by atoms with Gasteiger partial charge in [0.2, 0.25) is 0 Å². The molecule has 0 saturated heterocycles. The molecule has 41 heavy (non-hydrogen) atoms. The predicted octanol–water partition coefficient (Wildman–Crippen LogP) is 10.8. The van der Waals surface area contributed by atoms with Crippen molar-refractivity contribution in [2.45, 2.75) is 219 Å². The number of unbranched alkanes of at least 4 members (excludes halogenated alkanes) is 30. The molecular weight excluding hydrogens is 564 g/mol. The molecule has 0 rings (SSSR count). The van der Waals surface area contributed by atoms with Crippen molar-refractivity contribution < 1.29 is 21.5 Å². The van der Waals surface area contributed by atoms with Crippen LogP contribution in [0.25, 0.3) is 0 Å². The third kappa shape index (κ3) is 40.4. The summed E-state index contributed by atoms with van der Waals surface area (Å²) in [5, 5.41) is 0. The highest BCUT2D eigenvalue weighted by Crippen LogP contribution is 2.16. The molecule has 3 heteroatoms. The van der Waals surface area contributed by atoms with Gasteiger partial charge < -0.3 is 27.6 Å². The molecule has 0 radical (unpaired) electrons. The lowest BCUT2D eigenvalue weighted by molar-refractivity contribution is -0.890. The highest BCUT2D eigenvalue weighted by Gasteiger charge is 2.13. The number of nitrogens with zero attached hydrogens (tertiary/aromatic N) is 1. The summed E-state index contributed by atoms with van der Waals surface area (Å²) in [7, 11) is 4.94. The van der Waals surface area contributed by atoms with Crippen LogP contribution in [0.4, 0.5) is 0 Å². The monoisotopic (exact) mass is 647 g/mol. The third-order valence-electron chi connectivity index (χ3n) is 9.23. The molecule has 0 saturated carbocycles. The quantitative estimate of drug-likeness (QED) is 0.0547. The van der Waals surface area contributed by atoms with E-state index in [9.17, 15) is 0 Å². The van der Waals surface area contributed by atoms with Gasteiger partial charge in [0.15, 0.2) is 0 Å². The number of hydrogen-bond donors (Lipinski definition) is 1. The van der Waals surface area contributed by atoms with Crippen LogP contribution < -0.4 is 23.1 Å². The summed E-state index contributed by atoms with van der Waals surface area (Å²) in [6, 6.07) is 0. The van der Waals surface area contributed by atoms with E-state index in [4.69, 9.17) is 0 Å². The number of hydrogen-bond acceptors (Lipinski definition) is 1. The Balaban J connectivity index is -0.00000722. The molecule has 3 N–H and O–H groups in total. The lowest BCUT2D eigenvalue weighted by atomic mass is 10.0. The number of halogens is 1. The second kappa shape index (κ2) is 38.4. The van der Waals surface area contributed by atoms with Crippen molar-refractivity contribution in [1.82, 2.24) is 6.15 Å². The fourth-order valence-corrected chi connectivity index (χ4v) is 6.29. The minimum Gasteiger partial charge on any atom is -1.00 e. The van der Waals surface area contributed by atoms with Crippen LogP contribution in [0.2, 0.25) is 0 Å². The molecule has 0 unspecified atom stereocenters. The zero-order chi connectivity index (χ0) is 28.5. The molecule has 0 aliphatic heterocycles. The normalized spacial score (nSPS) is 11.4. The smallest absolute Gasteiger partial charge is 0.0782 e. The molecule has 0 amide bonds. The first-order chi connectivity index (χ1) is 19.1. The molecule has 0 aliphatic rings. The zero-order valence-electron chi connectivity index (χ0n) is 29.6. The van der Waals surface area contributed by atoms with Crippen LogP contribution in [0.5, 0.6) is 0 Å². The lowest BCUT2D eigenvalue weighted by Gasteiger charge is -2.30. The van der Waals surface area contributed by atoms with Crippen LogP contribution in [0.15, 0.2) is 0 Å². The van der Waals surface area contributed by atoms with E-state index < -0.39 is 0 Å². The molecule has 0 bridgehead atoms. The Labute approximate surface area is 273 Å². The van der Waals surface area contributed by atoms with E-state index in [0.29, 0.717) is 0 Å². The number of quaternary nitrogens is 1. The first-order valence-corrected chi connectivity index (χ1v) is 18.9. The molecule has 0 fully saturated rings. The van der Waals surface area contributed by atoms with Crippen molar-refractivity contribution in [3.05, 3.63) is 0 Å². The van der Waals surface area contributed by atoms with Gasteiger partial charge >= 0.3 is 0 Å². The summed E-state index contributed by atoms with van der Waals surface area (Å²) in [5.74, 6) is 0. The van der Waals surface area contributed by atoms with Crippen molar-refractivity contribution in [3.8, 4) is 0 Å². The van der Waals surface area contributed by atoms with Gasteiger partial charge in [-0.25, -0.2) is 0 Å². The SMILES string of the molecule is CCCCCCCCCCCCCCCCCC[N+](C)(C)CCCCCCCCCCCCCCCCCC.N.[Br-]. The standard InChI is InChI=1S/C38H80N.BrH.H3N/c1-5-7-9-11-13-15-17-19-21-23-25-27-29-31-33-35-37-39(3,4)38-36-34-32-30-28-26-24-22-20-18-16-14-12-10-8-6-2;;/h5-38H2,1-4H3;1H;1H3/q+1;;/p-1. The van der Waals surface area contributed by atoms with Gasteiger partial charge in [0.1, 0.15) is 0 Å². The largest absolute Gasteiger partial charge is 1.00 e. The van der Waals surface area contributed by atoms with E-state index in [2.05, 4.69) is 27.9 Å². The Hall–Kier alpha value is 0.400. The molecular formula is C38H83BrN2. The van der Waals surface area contributed by atoms with E-state index in [1.54, 1.807) is 0 Å². The maximum Gasteiger partial charge on any atom is 0.0782 e. The van der Waals surface area contributed by atoms with Gasteiger partial charge in [-0.05, 0) is 25.7 Å². The molecule has 0 aromatic rings. The topological polar surface area (TPSA) is 35.0 Å². The van der Waals surface area contributed by atoms with Gasteiger partial charge in [0, 0.05) is 0 Å². The van der Waals surface area contributed by atoms with E-state index in [0.717, 1.165) is 0 Å². The Morgan fingerprint density at radius 1 is 0.268 bits per heavy atom. The van der Waals surface area contributed by atoms with Crippen molar-refractivity contribution in [3.63, 3.8) is 0 Å². The summed E-state index contributed by atoms with van der Waals surface area (Å²) in [5.41, 5.74) is 0. The second-order valence-corrected chi connectivity index (χ2v) is 14.0. The molecule has 0 spiro atoms. The zero-order valence-corrected chi connectivity index (χ0v) is 31.2. The Morgan fingerprint density at radius 3 is 0.585 bits per heavy atom. The molecule has 0 aliphatic carbocycles. The van der Waals surface area contributed by atoms with Gasteiger partial charge in [-0.15, -0.1) is 0 Å². The van der Waals surface area contributed by atoms with Crippen LogP contribution in [-0.2, 0) is 0 Å². The van der Waals surface area contributed by atoms with Gasteiger partial charge in [0.05, 0.1) is 27.2 Å². The van der Waals surface area contributed by atoms with Gasteiger partial charge in [-0.1, -0.05) is 194 Å². The van der Waals surface area contributed by atoms with E-state index >= 15 is 0 Å². The summed E-state index contributed by atoms with van der Waals surface area (Å²) in [4.78, 5) is 0. The fraction of sp³-hybridized carbons (Fsp3) is 1.00. The highest BCUT2D eigenvalue weighted by atomic mass is 79.9. The summed E-state index contributed by atoms with van der Waals surface area (Å²) in [6.07, 6.45) is 46.9. The van der Waals surface area contributed by atoms with Crippen molar-refractivity contribution in [1.29, 1.82) is 0 Å². The van der Waals surface area contributed by atoms with Crippen LogP contribution in [0, 0.1) is 0 Å². The molecule has 252 valence electrons.